The smallest absolute Gasteiger partial charge is 0.0787 e. The Bertz CT molecular complexity index is 451. The lowest BCUT2D eigenvalue weighted by molar-refractivity contribution is 0.828. The van der Waals surface area contributed by atoms with Crippen molar-refractivity contribution in [2.24, 2.45) is 5.73 Å². The zero-order valence-corrected chi connectivity index (χ0v) is 10.5. The van der Waals surface area contributed by atoms with E-state index in [4.69, 9.17) is 5.73 Å². The van der Waals surface area contributed by atoms with Gasteiger partial charge in [0, 0.05) is 16.9 Å². The van der Waals surface area contributed by atoms with Gasteiger partial charge in [-0.25, -0.2) is 4.68 Å². The van der Waals surface area contributed by atoms with Gasteiger partial charge in [-0.3, -0.25) is 0 Å². The summed E-state index contributed by atoms with van der Waals surface area (Å²) in [4.78, 5) is 0. The van der Waals surface area contributed by atoms with E-state index in [2.05, 4.69) is 39.2 Å². The van der Waals surface area contributed by atoms with E-state index in [0.717, 1.165) is 29.5 Å². The van der Waals surface area contributed by atoms with Crippen LogP contribution in [0, 0.1) is 0 Å². The van der Waals surface area contributed by atoms with Gasteiger partial charge in [-0.05, 0) is 59.1 Å². The Kier molecular flexibility index (Phi) is 3.74. The van der Waals surface area contributed by atoms with Crippen molar-refractivity contribution < 1.29 is 0 Å². The lowest BCUT2D eigenvalue weighted by atomic mass is 10.1. The molecule has 0 aliphatic carbocycles. The first-order chi connectivity index (χ1) is 7.81. The third kappa shape index (κ3) is 2.51. The van der Waals surface area contributed by atoms with Crippen molar-refractivity contribution in [3.8, 4) is 5.69 Å². The number of aromatic nitrogens is 2. The first kappa shape index (κ1) is 11.4. The molecular weight excluding hydrogens is 266 g/mol. The maximum absolute atomic E-state index is 5.50. The van der Waals surface area contributed by atoms with Crippen molar-refractivity contribution in [1.29, 1.82) is 0 Å². The van der Waals surface area contributed by atoms with E-state index in [1.165, 1.54) is 5.56 Å². The molecule has 0 fully saturated rings. The third-order valence-corrected chi connectivity index (χ3v) is 3.07. The molecule has 2 aromatic rings. The van der Waals surface area contributed by atoms with E-state index in [1.54, 1.807) is 6.20 Å². The maximum atomic E-state index is 5.50. The fraction of sp³-hybridized carbons (Fsp3) is 0.250. The summed E-state index contributed by atoms with van der Waals surface area (Å²) in [6.45, 7) is 0.735. The van der Waals surface area contributed by atoms with Crippen LogP contribution in [-0.4, -0.2) is 16.3 Å². The van der Waals surface area contributed by atoms with Crippen LogP contribution in [0.2, 0.25) is 0 Å². The van der Waals surface area contributed by atoms with Gasteiger partial charge in [-0.2, -0.15) is 5.10 Å². The first-order valence-electron chi connectivity index (χ1n) is 5.30. The molecule has 16 heavy (non-hydrogen) atoms. The highest BCUT2D eigenvalue weighted by atomic mass is 79.9. The van der Waals surface area contributed by atoms with Crippen LogP contribution in [0.15, 0.2) is 41.1 Å². The van der Waals surface area contributed by atoms with Gasteiger partial charge in [0.2, 0.25) is 0 Å². The van der Waals surface area contributed by atoms with Crippen LogP contribution in [-0.2, 0) is 6.42 Å². The fourth-order valence-electron chi connectivity index (χ4n) is 1.61. The molecule has 3 nitrogen and oxygen atoms in total. The van der Waals surface area contributed by atoms with Crippen LogP contribution in [0.5, 0.6) is 0 Å². The Hall–Kier alpha value is -1.13. The number of nitrogens with zero attached hydrogens (tertiary/aromatic N) is 2. The zero-order valence-electron chi connectivity index (χ0n) is 8.94. The highest BCUT2D eigenvalue weighted by Gasteiger charge is 2.03. The second-order valence-electron chi connectivity index (χ2n) is 3.63. The third-order valence-electron chi connectivity index (χ3n) is 2.43. The molecule has 2 N–H and O–H groups in total. The number of aryl methyl sites for hydroxylation is 1. The Morgan fingerprint density at radius 1 is 1.38 bits per heavy atom. The SMILES string of the molecule is NCCCc1ccc(-n2cccn2)c(Br)c1. The molecule has 0 radical (unpaired) electrons. The minimum atomic E-state index is 0.735. The number of nitrogens with two attached hydrogens (primary N) is 1. The summed E-state index contributed by atoms with van der Waals surface area (Å²) in [7, 11) is 0. The second-order valence-corrected chi connectivity index (χ2v) is 4.48. The van der Waals surface area contributed by atoms with Crippen LogP contribution in [0.1, 0.15) is 12.0 Å². The fourth-order valence-corrected chi connectivity index (χ4v) is 2.22. The van der Waals surface area contributed by atoms with Crippen molar-refractivity contribution in [3.05, 3.63) is 46.7 Å². The monoisotopic (exact) mass is 279 g/mol. The largest absolute Gasteiger partial charge is 0.330 e. The highest BCUT2D eigenvalue weighted by Crippen LogP contribution is 2.22. The average Bonchev–Trinajstić information content (AvgIpc) is 2.80. The van der Waals surface area contributed by atoms with Gasteiger partial charge >= 0.3 is 0 Å². The summed E-state index contributed by atoms with van der Waals surface area (Å²) in [5, 5.41) is 4.21. The zero-order chi connectivity index (χ0) is 11.4. The van der Waals surface area contributed by atoms with Gasteiger partial charge in [0.25, 0.3) is 0 Å². The molecule has 0 atom stereocenters. The molecule has 0 bridgehead atoms. The molecule has 0 spiro atoms. The first-order valence-corrected chi connectivity index (χ1v) is 6.09. The highest BCUT2D eigenvalue weighted by molar-refractivity contribution is 9.10. The van der Waals surface area contributed by atoms with Gasteiger partial charge in [-0.15, -0.1) is 0 Å². The Morgan fingerprint density at radius 2 is 2.25 bits per heavy atom. The van der Waals surface area contributed by atoms with Crippen molar-refractivity contribution >= 4 is 15.9 Å². The molecular formula is C12H14BrN3. The molecule has 0 unspecified atom stereocenters. The maximum Gasteiger partial charge on any atom is 0.0787 e. The predicted molar refractivity (Wildman–Crippen MR) is 68.6 cm³/mol. The van der Waals surface area contributed by atoms with Crippen molar-refractivity contribution in [1.82, 2.24) is 9.78 Å². The van der Waals surface area contributed by atoms with Crippen molar-refractivity contribution in [3.63, 3.8) is 0 Å². The van der Waals surface area contributed by atoms with Gasteiger partial charge in [0.05, 0.1) is 5.69 Å². The van der Waals surface area contributed by atoms with Gasteiger partial charge in [0.1, 0.15) is 0 Å². The lowest BCUT2D eigenvalue weighted by Crippen LogP contribution is -2.01. The normalized spacial score (nSPS) is 10.6. The molecule has 1 aromatic carbocycles. The van der Waals surface area contributed by atoms with Gasteiger partial charge in [0.15, 0.2) is 0 Å². The van der Waals surface area contributed by atoms with Crippen LogP contribution < -0.4 is 5.73 Å². The molecule has 4 heteroatoms. The number of benzene rings is 1. The number of rotatable bonds is 4. The molecule has 0 saturated carbocycles. The molecule has 0 aliphatic heterocycles. The Morgan fingerprint density at radius 3 is 2.88 bits per heavy atom. The van der Waals surface area contributed by atoms with E-state index in [9.17, 15) is 0 Å². The molecule has 2 rings (SSSR count). The van der Waals surface area contributed by atoms with E-state index in [1.807, 2.05) is 16.9 Å². The number of halogens is 1. The molecule has 1 aromatic heterocycles. The van der Waals surface area contributed by atoms with Gasteiger partial charge < -0.3 is 5.73 Å². The van der Waals surface area contributed by atoms with E-state index >= 15 is 0 Å². The summed E-state index contributed by atoms with van der Waals surface area (Å²) in [5.74, 6) is 0. The van der Waals surface area contributed by atoms with Crippen LogP contribution in [0.4, 0.5) is 0 Å². The van der Waals surface area contributed by atoms with E-state index < -0.39 is 0 Å². The average molecular weight is 280 g/mol. The summed E-state index contributed by atoms with van der Waals surface area (Å²) >= 11 is 3.57. The minimum absolute atomic E-state index is 0.735. The molecule has 0 saturated heterocycles. The van der Waals surface area contributed by atoms with Crippen molar-refractivity contribution in [2.45, 2.75) is 12.8 Å². The molecule has 0 aliphatic rings. The lowest BCUT2D eigenvalue weighted by Gasteiger charge is -2.07. The summed E-state index contributed by atoms with van der Waals surface area (Å²) in [6.07, 6.45) is 5.75. The Balaban J connectivity index is 2.23. The van der Waals surface area contributed by atoms with E-state index in [-0.39, 0.29) is 0 Å². The Labute approximate surface area is 103 Å². The van der Waals surface area contributed by atoms with Crippen LogP contribution in [0.3, 0.4) is 0 Å². The van der Waals surface area contributed by atoms with Gasteiger partial charge in [-0.1, -0.05) is 6.07 Å². The van der Waals surface area contributed by atoms with Crippen molar-refractivity contribution in [2.75, 3.05) is 6.54 Å². The topological polar surface area (TPSA) is 43.8 Å². The minimum Gasteiger partial charge on any atom is -0.330 e. The predicted octanol–water partition coefficient (Wildman–Crippen LogP) is 2.53. The number of hydrogen-bond donors (Lipinski definition) is 1. The summed E-state index contributed by atoms with van der Waals surface area (Å²) in [5.41, 5.74) is 7.85. The molecule has 84 valence electrons. The van der Waals surface area contributed by atoms with Crippen LogP contribution >= 0.6 is 15.9 Å². The quantitative estimate of drug-likeness (QED) is 0.935. The number of hydrogen-bond acceptors (Lipinski definition) is 2. The second kappa shape index (κ2) is 5.27. The molecule has 0 amide bonds. The molecule has 1 heterocycles. The van der Waals surface area contributed by atoms with E-state index in [0.29, 0.717) is 0 Å². The standard InChI is InChI=1S/C12H14BrN3/c13-11-9-10(3-1-6-14)4-5-12(11)16-8-2-7-15-16/h2,4-5,7-9H,1,3,6,14H2. The van der Waals surface area contributed by atoms with Crippen LogP contribution in [0.25, 0.3) is 5.69 Å². The summed E-state index contributed by atoms with van der Waals surface area (Å²) < 4.78 is 2.90. The summed E-state index contributed by atoms with van der Waals surface area (Å²) in [6, 6.07) is 8.24.